The van der Waals surface area contributed by atoms with Crippen LogP contribution in [0.1, 0.15) is 28.9 Å². The molecule has 4 rings (SSSR count). The number of amides is 3. The van der Waals surface area contributed by atoms with Crippen LogP contribution in [0.2, 0.25) is 0 Å². The summed E-state index contributed by atoms with van der Waals surface area (Å²) in [5.74, 6) is -0.240. The molecule has 0 aromatic heterocycles. The molecule has 6 heteroatoms. The largest absolute Gasteiger partial charge is 0.327 e. The molecule has 0 saturated carbocycles. The summed E-state index contributed by atoms with van der Waals surface area (Å²) in [6, 6.07) is 15.5. The minimum atomic E-state index is -0.492. The van der Waals surface area contributed by atoms with Crippen molar-refractivity contribution in [3.05, 3.63) is 77.0 Å². The molecule has 3 amide bonds. The zero-order chi connectivity index (χ0) is 18.3. The second kappa shape index (κ2) is 6.15. The molecule has 0 saturated heterocycles. The number of hydrogen-bond donors (Lipinski definition) is 2. The topological polar surface area (TPSA) is 78.5 Å². The van der Waals surface area contributed by atoms with Gasteiger partial charge in [0, 0.05) is 11.3 Å². The Morgan fingerprint density at radius 1 is 1.08 bits per heavy atom. The van der Waals surface area contributed by atoms with Crippen molar-refractivity contribution < 1.29 is 14.4 Å². The highest BCUT2D eigenvalue weighted by Crippen LogP contribution is 2.34. The van der Waals surface area contributed by atoms with E-state index in [0.29, 0.717) is 22.5 Å². The molecule has 2 aromatic rings. The molecule has 1 unspecified atom stereocenters. The molecule has 0 spiro atoms. The third-order valence-corrected chi connectivity index (χ3v) is 4.64. The van der Waals surface area contributed by atoms with E-state index in [4.69, 9.17) is 0 Å². The molecule has 2 aromatic carbocycles. The van der Waals surface area contributed by atoms with Gasteiger partial charge in [-0.1, -0.05) is 42.5 Å². The van der Waals surface area contributed by atoms with E-state index in [-0.39, 0.29) is 24.3 Å². The number of anilines is 1. The number of benzene rings is 2. The number of urea groups is 1. The number of nitrogens with one attached hydrogen (secondary N) is 2. The first kappa shape index (κ1) is 16.1. The second-order valence-electron chi connectivity index (χ2n) is 6.33. The van der Waals surface area contributed by atoms with Gasteiger partial charge in [-0.15, -0.1) is 0 Å². The lowest BCUT2D eigenvalue weighted by Crippen LogP contribution is -2.44. The average molecular weight is 347 g/mol. The predicted molar refractivity (Wildman–Crippen MR) is 96.7 cm³/mol. The molecular formula is C20H17N3O3. The van der Waals surface area contributed by atoms with E-state index < -0.39 is 6.04 Å². The molecule has 0 bridgehead atoms. The van der Waals surface area contributed by atoms with Gasteiger partial charge in [-0.3, -0.25) is 9.59 Å². The Morgan fingerprint density at radius 2 is 1.85 bits per heavy atom. The molecule has 2 aliphatic heterocycles. The van der Waals surface area contributed by atoms with E-state index in [1.165, 1.54) is 6.92 Å². The molecule has 6 nitrogen and oxygen atoms in total. The smallest absolute Gasteiger partial charge is 0.319 e. The van der Waals surface area contributed by atoms with Crippen LogP contribution in [0.3, 0.4) is 0 Å². The van der Waals surface area contributed by atoms with E-state index in [2.05, 4.69) is 10.6 Å². The zero-order valence-electron chi connectivity index (χ0n) is 14.2. The van der Waals surface area contributed by atoms with Crippen LogP contribution < -0.4 is 15.5 Å². The number of carbonyl (C=O) groups is 3. The second-order valence-corrected chi connectivity index (χ2v) is 6.33. The Kier molecular flexibility index (Phi) is 3.80. The Morgan fingerprint density at radius 3 is 2.58 bits per heavy atom. The highest BCUT2D eigenvalue weighted by molar-refractivity contribution is 6.12. The summed E-state index contributed by atoms with van der Waals surface area (Å²) in [6.07, 6.45) is 0. The highest BCUT2D eigenvalue weighted by Gasteiger charge is 2.40. The lowest BCUT2D eigenvalue weighted by molar-refractivity contribution is -0.114. The summed E-state index contributed by atoms with van der Waals surface area (Å²) in [7, 11) is 0. The minimum Gasteiger partial charge on any atom is -0.327 e. The SMILES string of the molecule is CC(=O)c1cccc(N2CC3=C(C2=O)C(c2ccccc2)NC(=O)N3)c1. The van der Waals surface area contributed by atoms with Crippen molar-refractivity contribution in [3.63, 3.8) is 0 Å². The molecule has 0 aliphatic carbocycles. The van der Waals surface area contributed by atoms with Crippen LogP contribution in [0.25, 0.3) is 0 Å². The molecule has 2 aliphatic rings. The van der Waals surface area contributed by atoms with E-state index in [0.717, 1.165) is 5.56 Å². The van der Waals surface area contributed by atoms with Gasteiger partial charge in [0.15, 0.2) is 5.78 Å². The fourth-order valence-electron chi connectivity index (χ4n) is 3.37. The molecule has 2 heterocycles. The van der Waals surface area contributed by atoms with Gasteiger partial charge in [0.1, 0.15) is 0 Å². The number of hydrogen-bond acceptors (Lipinski definition) is 3. The number of Topliss-reactive ketones (excluding diaryl/α,β-unsaturated/α-hetero) is 1. The molecule has 1 atom stereocenters. The normalized spacial score (nSPS) is 19.1. The van der Waals surface area contributed by atoms with Gasteiger partial charge in [-0.2, -0.15) is 0 Å². The van der Waals surface area contributed by atoms with Gasteiger partial charge in [0.25, 0.3) is 5.91 Å². The standard InChI is InChI=1S/C20H17N3O3/c1-12(24)14-8-5-9-15(10-14)23-11-16-17(19(23)25)18(22-20(26)21-16)13-6-3-2-4-7-13/h2-10,18H,11H2,1H3,(H2,21,22,26). The van der Waals surface area contributed by atoms with Crippen molar-refractivity contribution in [1.82, 2.24) is 10.6 Å². The summed E-state index contributed by atoms with van der Waals surface area (Å²) in [4.78, 5) is 38.4. The van der Waals surface area contributed by atoms with Gasteiger partial charge in [-0.25, -0.2) is 4.79 Å². The summed E-state index contributed by atoms with van der Waals surface area (Å²) in [5, 5.41) is 5.57. The van der Waals surface area contributed by atoms with Crippen molar-refractivity contribution in [2.45, 2.75) is 13.0 Å². The number of carbonyl (C=O) groups excluding carboxylic acids is 3. The minimum absolute atomic E-state index is 0.0617. The van der Waals surface area contributed by atoms with E-state index in [9.17, 15) is 14.4 Å². The average Bonchev–Trinajstić information content (AvgIpc) is 2.98. The molecule has 2 N–H and O–H groups in total. The molecular weight excluding hydrogens is 330 g/mol. The van der Waals surface area contributed by atoms with Crippen LogP contribution >= 0.6 is 0 Å². The Bertz CT molecular complexity index is 950. The van der Waals surface area contributed by atoms with Crippen LogP contribution in [-0.2, 0) is 4.79 Å². The van der Waals surface area contributed by atoms with E-state index >= 15 is 0 Å². The van der Waals surface area contributed by atoms with E-state index in [1.54, 1.807) is 29.2 Å². The number of nitrogens with zero attached hydrogens (tertiary/aromatic N) is 1. The lowest BCUT2D eigenvalue weighted by Gasteiger charge is -2.25. The first-order chi connectivity index (χ1) is 12.5. The summed E-state index contributed by atoms with van der Waals surface area (Å²) >= 11 is 0. The Hall–Kier alpha value is -3.41. The van der Waals surface area contributed by atoms with Crippen molar-refractivity contribution in [1.29, 1.82) is 0 Å². The van der Waals surface area contributed by atoms with Crippen molar-refractivity contribution in [2.75, 3.05) is 11.4 Å². The highest BCUT2D eigenvalue weighted by atomic mass is 16.2. The monoisotopic (exact) mass is 347 g/mol. The first-order valence-electron chi connectivity index (χ1n) is 8.33. The van der Waals surface area contributed by atoms with Crippen LogP contribution in [0.4, 0.5) is 10.5 Å². The first-order valence-corrected chi connectivity index (χ1v) is 8.33. The van der Waals surface area contributed by atoms with Gasteiger partial charge < -0.3 is 15.5 Å². The number of rotatable bonds is 3. The molecule has 130 valence electrons. The molecule has 26 heavy (non-hydrogen) atoms. The van der Waals surface area contributed by atoms with Gasteiger partial charge >= 0.3 is 6.03 Å². The molecule has 0 radical (unpaired) electrons. The fraction of sp³-hybridized carbons (Fsp3) is 0.150. The number of ketones is 1. The Balaban J connectivity index is 1.71. The van der Waals surface area contributed by atoms with Crippen molar-refractivity contribution in [3.8, 4) is 0 Å². The maximum Gasteiger partial charge on any atom is 0.319 e. The summed E-state index contributed by atoms with van der Waals surface area (Å²) in [5.41, 5.74) is 3.16. The Labute approximate surface area is 150 Å². The van der Waals surface area contributed by atoms with E-state index in [1.807, 2.05) is 30.3 Å². The quantitative estimate of drug-likeness (QED) is 0.838. The van der Waals surface area contributed by atoms with Crippen LogP contribution in [-0.4, -0.2) is 24.3 Å². The van der Waals surface area contributed by atoms with Crippen molar-refractivity contribution >= 4 is 23.4 Å². The van der Waals surface area contributed by atoms with Gasteiger partial charge in [0.05, 0.1) is 23.9 Å². The third kappa shape index (κ3) is 2.65. The van der Waals surface area contributed by atoms with Crippen LogP contribution in [0.5, 0.6) is 0 Å². The summed E-state index contributed by atoms with van der Waals surface area (Å²) in [6.45, 7) is 1.76. The zero-order valence-corrected chi connectivity index (χ0v) is 14.2. The van der Waals surface area contributed by atoms with Crippen LogP contribution in [0.15, 0.2) is 65.9 Å². The van der Waals surface area contributed by atoms with Crippen LogP contribution in [0, 0.1) is 0 Å². The third-order valence-electron chi connectivity index (χ3n) is 4.64. The maximum atomic E-state index is 13.1. The maximum absolute atomic E-state index is 13.1. The summed E-state index contributed by atoms with van der Waals surface area (Å²) < 4.78 is 0. The van der Waals surface area contributed by atoms with Gasteiger partial charge in [0.2, 0.25) is 0 Å². The van der Waals surface area contributed by atoms with Gasteiger partial charge in [-0.05, 0) is 24.6 Å². The fourth-order valence-corrected chi connectivity index (χ4v) is 3.37. The predicted octanol–water partition coefficient (Wildman–Crippen LogP) is 2.54. The molecule has 0 fully saturated rings. The lowest BCUT2D eigenvalue weighted by atomic mass is 9.96. The van der Waals surface area contributed by atoms with Crippen molar-refractivity contribution in [2.24, 2.45) is 0 Å².